The van der Waals surface area contributed by atoms with E-state index < -0.39 is 16.6 Å². The zero-order valence-electron chi connectivity index (χ0n) is 50.5. The van der Waals surface area contributed by atoms with Gasteiger partial charge in [-0.15, -0.1) is 0 Å². The summed E-state index contributed by atoms with van der Waals surface area (Å²) in [6.07, 6.45) is 2.36. The molecule has 0 N–H and O–H groups in total. The van der Waals surface area contributed by atoms with Crippen molar-refractivity contribution in [1.82, 2.24) is 0 Å². The highest BCUT2D eigenvalue weighted by Gasteiger charge is 2.41. The molecule has 1 unspecified atom stereocenters. The van der Waals surface area contributed by atoms with Crippen molar-refractivity contribution in [2.24, 2.45) is 5.92 Å². The molecule has 5 aromatic rings. The summed E-state index contributed by atoms with van der Waals surface area (Å²) in [7, 11) is 13.3. The van der Waals surface area contributed by atoms with Crippen LogP contribution < -0.4 is 43.4 Å². The van der Waals surface area contributed by atoms with Crippen molar-refractivity contribution in [3.63, 3.8) is 0 Å². The van der Waals surface area contributed by atoms with Crippen molar-refractivity contribution in [2.45, 2.75) is 76.5 Å². The van der Waals surface area contributed by atoms with Gasteiger partial charge in [0.05, 0.1) is 94.9 Å². The van der Waals surface area contributed by atoms with Crippen LogP contribution in [0.25, 0.3) is 0 Å². The second kappa shape index (κ2) is 29.1. The van der Waals surface area contributed by atoms with Crippen LogP contribution in [0, 0.1) is 5.92 Å². The first-order valence-electron chi connectivity index (χ1n) is 29.1. The number of hydrogen-bond acceptors (Lipinski definition) is 18. The van der Waals surface area contributed by atoms with Crippen LogP contribution in [0.1, 0.15) is 76.6 Å². The van der Waals surface area contributed by atoms with Gasteiger partial charge >= 0.3 is 5.97 Å². The van der Waals surface area contributed by atoms with Crippen LogP contribution in [-0.4, -0.2) is 161 Å². The third-order valence-corrected chi connectivity index (χ3v) is 19.0. The van der Waals surface area contributed by atoms with Crippen molar-refractivity contribution < 1.29 is 61.8 Å². The molecule has 4 heterocycles. The predicted octanol–water partition coefficient (Wildman–Crippen LogP) is 9.73. The summed E-state index contributed by atoms with van der Waals surface area (Å²) in [5.74, 6) is 0.825. The lowest BCUT2D eigenvalue weighted by molar-refractivity contribution is -0.146. The molecular weight excluding hydrogens is 1120 g/mol. The van der Waals surface area contributed by atoms with Gasteiger partial charge in [-0.25, -0.2) is 0 Å². The number of carbonyl (C=O) groups excluding carboxylic acids is 4. The molecule has 0 aromatic heterocycles. The molecule has 2 amide bonds. The number of nitrogens with zero attached hydrogens (tertiary/aromatic N) is 5. The fourth-order valence-electron chi connectivity index (χ4n) is 11.6. The Hall–Kier alpha value is -6.68. The number of ketones is 1. The van der Waals surface area contributed by atoms with Gasteiger partial charge in [0, 0.05) is 100 Å². The van der Waals surface area contributed by atoms with Gasteiger partial charge in [0.25, 0.3) is 11.8 Å². The smallest absolute Gasteiger partial charge is 0.309 e. The normalized spacial score (nSPS) is 16.3. The second-order valence-electron chi connectivity index (χ2n) is 22.5. The Balaban J connectivity index is 1.02. The minimum atomic E-state index is -0.631. The number of benzene rings is 5. The first-order valence-corrected chi connectivity index (χ1v) is 31.4. The van der Waals surface area contributed by atoms with Crippen molar-refractivity contribution >= 4 is 73.6 Å². The summed E-state index contributed by atoms with van der Waals surface area (Å²) in [6, 6.07) is 29.8. The average Bonchev–Trinajstić information content (AvgIpc) is 2.05. The van der Waals surface area contributed by atoms with Crippen molar-refractivity contribution in [3.8, 4) is 23.0 Å². The van der Waals surface area contributed by atoms with E-state index in [1.54, 1.807) is 44.3 Å². The molecule has 18 nitrogen and oxygen atoms in total. The molecule has 0 saturated heterocycles. The van der Waals surface area contributed by atoms with Crippen LogP contribution in [0.4, 0.5) is 28.4 Å². The summed E-state index contributed by atoms with van der Waals surface area (Å²) in [4.78, 5) is 65.2. The maximum atomic E-state index is 14.5. The van der Waals surface area contributed by atoms with Gasteiger partial charge in [-0.3, -0.25) is 19.2 Å². The lowest BCUT2D eigenvalue weighted by Gasteiger charge is -2.34. The number of methoxy groups -OCH3 is 4. The quantitative estimate of drug-likeness (QED) is 0.0233. The Morgan fingerprint density at radius 3 is 1.69 bits per heavy atom. The molecule has 0 radical (unpaired) electrons. The molecule has 0 bridgehead atoms. The third kappa shape index (κ3) is 15.1. The average molecular weight is 1200 g/mol. The summed E-state index contributed by atoms with van der Waals surface area (Å²) < 4.78 is 52.8. The number of carbonyl (C=O) groups is 4. The standard InChI is InChI=1S/C65H81N5O13S2/c1-10-20-81-40-51(71)31-47(64(74)78-9)41-84-85-65(2,3)42-68(19-21-79-24-25-80-23-22-75-6)48-27-43(38-82-60-34-56-52(32-58(60)76-7)62(72)69-49(36-66(56)4)29-45-15-11-13-17-54(45)69)26-44(28-48)39-83-61-35-57-53(33-59(61)77-8)63(73)70-50(37-67(57)5)30-46-16-12-14-18-55(46)70/h11-18,26-28,32-35,47,49-50H,10,19-25,29-31,36-42H2,1-9H3/t47?,49-,50-/m0/s1. The lowest BCUT2D eigenvalue weighted by Crippen LogP contribution is -2.41. The van der Waals surface area contributed by atoms with E-state index in [1.165, 1.54) is 17.9 Å². The van der Waals surface area contributed by atoms with E-state index in [1.807, 2.05) is 79.3 Å². The first kappa shape index (κ1) is 62.8. The summed E-state index contributed by atoms with van der Waals surface area (Å²) >= 11 is 0. The number of Topliss-reactive ketones (excluding diaryl/α,β-unsaturated/α-hetero) is 1. The van der Waals surface area contributed by atoms with Gasteiger partial charge in [0.1, 0.15) is 19.8 Å². The van der Waals surface area contributed by atoms with E-state index in [9.17, 15) is 19.2 Å². The van der Waals surface area contributed by atoms with E-state index in [0.717, 1.165) is 70.0 Å². The zero-order chi connectivity index (χ0) is 60.2. The van der Waals surface area contributed by atoms with Crippen LogP contribution >= 0.6 is 21.6 Å². The number of ether oxygens (including phenoxy) is 9. The number of esters is 1. The van der Waals surface area contributed by atoms with E-state index in [4.69, 9.17) is 42.6 Å². The first-order chi connectivity index (χ1) is 41.1. The number of para-hydroxylation sites is 2. The Bertz CT molecular complexity index is 3000. The number of amides is 2. The largest absolute Gasteiger partial charge is 0.493 e. The molecule has 0 spiro atoms. The van der Waals surface area contributed by atoms with Crippen LogP contribution in [0.15, 0.2) is 91.0 Å². The van der Waals surface area contributed by atoms with Crippen molar-refractivity contribution in [1.29, 1.82) is 0 Å². The molecule has 0 fully saturated rings. The molecule has 20 heteroatoms. The number of likely N-dealkylation sites (N-methyl/N-ethyl adjacent to an activating group) is 2. The molecule has 4 aliphatic heterocycles. The van der Waals surface area contributed by atoms with Gasteiger partial charge in [0.2, 0.25) is 0 Å². The van der Waals surface area contributed by atoms with Gasteiger partial charge in [-0.2, -0.15) is 0 Å². The van der Waals surface area contributed by atoms with E-state index in [0.29, 0.717) is 106 Å². The topological polar surface area (TPSA) is 168 Å². The molecule has 85 heavy (non-hydrogen) atoms. The molecular formula is C65H81N5O13S2. The number of hydrogen-bond donors (Lipinski definition) is 0. The zero-order valence-corrected chi connectivity index (χ0v) is 52.1. The molecule has 5 aromatic carbocycles. The fraction of sp³-hybridized carbons (Fsp3) is 0.477. The Morgan fingerprint density at radius 2 is 1.18 bits per heavy atom. The van der Waals surface area contributed by atoms with E-state index in [-0.39, 0.29) is 55.9 Å². The lowest BCUT2D eigenvalue weighted by atomic mass is 10.1. The number of rotatable bonds is 31. The minimum Gasteiger partial charge on any atom is -0.493 e. The number of anilines is 5. The third-order valence-electron chi connectivity index (χ3n) is 15.6. The Morgan fingerprint density at radius 1 is 0.647 bits per heavy atom. The highest BCUT2D eigenvalue weighted by molar-refractivity contribution is 8.77. The van der Waals surface area contributed by atoms with Crippen LogP contribution in [0.5, 0.6) is 23.0 Å². The highest BCUT2D eigenvalue weighted by atomic mass is 33.1. The van der Waals surface area contributed by atoms with Crippen LogP contribution in [0.2, 0.25) is 0 Å². The van der Waals surface area contributed by atoms with Crippen LogP contribution in [-0.2, 0) is 59.3 Å². The van der Waals surface area contributed by atoms with Gasteiger partial charge in [-0.1, -0.05) is 64.9 Å². The van der Waals surface area contributed by atoms with Crippen molar-refractivity contribution in [2.75, 3.05) is 145 Å². The molecule has 9 rings (SSSR count). The van der Waals surface area contributed by atoms with E-state index in [2.05, 4.69) is 58.9 Å². The van der Waals surface area contributed by atoms with Crippen molar-refractivity contribution in [3.05, 3.63) is 124 Å². The SMILES string of the molecule is CCCOCC(=O)CC(CSSC(C)(C)CN(CCOCCOCCOC)c1cc(COc2cc3c(cc2OC)C(=O)N2c4ccccc4C[C@H]2CN3C)cc(COc2cc3c(cc2OC)C(=O)N2c4ccccc4C[C@H]2CN3C)c1)C(=O)OC. The maximum Gasteiger partial charge on any atom is 0.309 e. The maximum absolute atomic E-state index is 14.5. The van der Waals surface area contributed by atoms with E-state index >= 15 is 0 Å². The molecule has 456 valence electrons. The van der Waals surface area contributed by atoms with Gasteiger partial charge in [-0.05, 0) is 97.8 Å². The second-order valence-corrected chi connectivity index (χ2v) is 25.5. The summed E-state index contributed by atoms with van der Waals surface area (Å²) in [5, 5.41) is 0. The van der Waals surface area contributed by atoms with Crippen LogP contribution in [0.3, 0.4) is 0 Å². The highest BCUT2D eigenvalue weighted by Crippen LogP contribution is 2.45. The molecule has 3 atom stereocenters. The Labute approximate surface area is 508 Å². The molecule has 0 saturated carbocycles. The summed E-state index contributed by atoms with van der Waals surface area (Å²) in [6.45, 7) is 11.4. The number of fused-ring (bicyclic) bond motifs is 8. The van der Waals surface area contributed by atoms with Gasteiger partial charge < -0.3 is 67.1 Å². The molecule has 0 aliphatic carbocycles. The summed E-state index contributed by atoms with van der Waals surface area (Å²) in [5.41, 5.74) is 9.30. The molecule has 4 aliphatic rings. The Kier molecular flexibility index (Phi) is 21.5. The monoisotopic (exact) mass is 1200 g/mol. The fourth-order valence-corrected chi connectivity index (χ4v) is 14.5. The van der Waals surface area contributed by atoms with Gasteiger partial charge in [0.15, 0.2) is 28.8 Å². The predicted molar refractivity (Wildman–Crippen MR) is 335 cm³/mol. The minimum absolute atomic E-state index is 0.0290.